The number of aromatic nitrogens is 2. The topological polar surface area (TPSA) is 86.5 Å². The van der Waals surface area contributed by atoms with Crippen LogP contribution in [-0.2, 0) is 4.79 Å². The van der Waals surface area contributed by atoms with Crippen molar-refractivity contribution in [1.29, 1.82) is 0 Å². The van der Waals surface area contributed by atoms with Crippen LogP contribution in [0.3, 0.4) is 0 Å². The summed E-state index contributed by atoms with van der Waals surface area (Å²) >= 11 is 1.22. The van der Waals surface area contributed by atoms with Crippen molar-refractivity contribution in [2.45, 2.75) is 31.2 Å². The molecule has 25 heavy (non-hydrogen) atoms. The first-order chi connectivity index (χ1) is 11.9. The number of methoxy groups -OCH3 is 2. The Bertz CT molecular complexity index is 718. The Morgan fingerprint density at radius 1 is 1.24 bits per heavy atom. The molecule has 0 saturated heterocycles. The summed E-state index contributed by atoms with van der Waals surface area (Å²) in [4.78, 5) is 12.0. The summed E-state index contributed by atoms with van der Waals surface area (Å²) < 4.78 is 16.2. The van der Waals surface area contributed by atoms with Crippen molar-refractivity contribution in [2.24, 2.45) is 5.92 Å². The molecule has 0 fully saturated rings. The molecule has 1 aromatic carbocycles. The molecule has 2 rings (SSSR count). The van der Waals surface area contributed by atoms with Crippen molar-refractivity contribution in [1.82, 2.24) is 15.5 Å². The number of thioether (sulfide) groups is 1. The van der Waals surface area contributed by atoms with Crippen LogP contribution in [0.5, 0.6) is 11.5 Å². The van der Waals surface area contributed by atoms with E-state index < -0.39 is 0 Å². The van der Waals surface area contributed by atoms with Gasteiger partial charge in [-0.05, 0) is 25.0 Å². The quantitative estimate of drug-likeness (QED) is 0.720. The first-order valence-corrected chi connectivity index (χ1v) is 8.82. The minimum atomic E-state index is -0.329. The zero-order valence-corrected chi connectivity index (χ0v) is 15.8. The zero-order valence-electron chi connectivity index (χ0n) is 15.0. The van der Waals surface area contributed by atoms with Crippen molar-refractivity contribution >= 4 is 17.7 Å². The predicted molar refractivity (Wildman–Crippen MR) is 96.0 cm³/mol. The highest BCUT2D eigenvalue weighted by Crippen LogP contribution is 2.34. The lowest BCUT2D eigenvalue weighted by molar-refractivity contribution is -0.120. The molecule has 0 spiro atoms. The second kappa shape index (κ2) is 8.75. The second-order valence-electron chi connectivity index (χ2n) is 5.84. The van der Waals surface area contributed by atoms with Gasteiger partial charge in [-0.3, -0.25) is 4.79 Å². The lowest BCUT2D eigenvalue weighted by Crippen LogP contribution is -2.33. The molecule has 0 aliphatic rings. The molecule has 0 radical (unpaired) electrons. The van der Waals surface area contributed by atoms with Gasteiger partial charge in [0.25, 0.3) is 11.1 Å². The van der Waals surface area contributed by atoms with E-state index in [-0.39, 0.29) is 11.2 Å². The third-order valence-corrected chi connectivity index (χ3v) is 4.31. The Balaban J connectivity index is 2.08. The van der Waals surface area contributed by atoms with Gasteiger partial charge in [0.05, 0.1) is 25.0 Å². The second-order valence-corrected chi connectivity index (χ2v) is 7.13. The summed E-state index contributed by atoms with van der Waals surface area (Å²) in [7, 11) is 3.15. The minimum Gasteiger partial charge on any atom is -0.497 e. The Kier molecular flexibility index (Phi) is 6.69. The molecule has 1 amide bonds. The van der Waals surface area contributed by atoms with Gasteiger partial charge in [0.2, 0.25) is 5.91 Å². The van der Waals surface area contributed by atoms with Crippen LogP contribution in [-0.4, -0.2) is 42.1 Å². The Hall–Kier alpha value is -2.22. The summed E-state index contributed by atoms with van der Waals surface area (Å²) in [5.41, 5.74) is 0.666. The van der Waals surface area contributed by atoms with E-state index in [9.17, 15) is 4.79 Å². The third kappa shape index (κ3) is 5.12. The molecule has 0 saturated carbocycles. The van der Waals surface area contributed by atoms with E-state index >= 15 is 0 Å². The maximum absolute atomic E-state index is 12.0. The largest absolute Gasteiger partial charge is 0.497 e. The maximum Gasteiger partial charge on any atom is 0.277 e. The number of benzene rings is 1. The minimum absolute atomic E-state index is 0.0551. The van der Waals surface area contributed by atoms with Crippen LogP contribution in [0.4, 0.5) is 0 Å². The van der Waals surface area contributed by atoms with E-state index in [4.69, 9.17) is 13.9 Å². The van der Waals surface area contributed by atoms with E-state index in [1.54, 1.807) is 39.3 Å². The zero-order chi connectivity index (χ0) is 18.4. The van der Waals surface area contributed by atoms with Crippen LogP contribution in [0.15, 0.2) is 27.8 Å². The van der Waals surface area contributed by atoms with Crippen LogP contribution in [0, 0.1) is 5.92 Å². The van der Waals surface area contributed by atoms with Gasteiger partial charge < -0.3 is 19.2 Å². The number of ether oxygens (including phenoxy) is 2. The molecular formula is C17H23N3O4S. The molecule has 0 bridgehead atoms. The van der Waals surface area contributed by atoms with Crippen LogP contribution < -0.4 is 14.8 Å². The van der Waals surface area contributed by atoms with E-state index in [1.807, 2.05) is 13.8 Å². The lowest BCUT2D eigenvalue weighted by Gasteiger charge is -2.11. The number of nitrogens with zero attached hydrogens (tertiary/aromatic N) is 2. The van der Waals surface area contributed by atoms with Crippen molar-refractivity contribution in [3.63, 3.8) is 0 Å². The molecule has 0 aliphatic carbocycles. The van der Waals surface area contributed by atoms with Gasteiger partial charge in [-0.2, -0.15) is 0 Å². The summed E-state index contributed by atoms with van der Waals surface area (Å²) in [6, 6.07) is 5.32. The van der Waals surface area contributed by atoms with Gasteiger partial charge in [-0.1, -0.05) is 25.6 Å². The average Bonchev–Trinajstić information content (AvgIpc) is 3.06. The molecular weight excluding hydrogens is 342 g/mol. The van der Waals surface area contributed by atoms with Gasteiger partial charge >= 0.3 is 0 Å². The van der Waals surface area contributed by atoms with E-state index in [2.05, 4.69) is 15.5 Å². The summed E-state index contributed by atoms with van der Waals surface area (Å²) in [5.74, 6) is 1.92. The van der Waals surface area contributed by atoms with Crippen LogP contribution in [0.2, 0.25) is 0 Å². The van der Waals surface area contributed by atoms with Gasteiger partial charge in [-0.25, -0.2) is 0 Å². The fraction of sp³-hybridized carbons (Fsp3) is 0.471. The standard InChI is InChI=1S/C17H23N3O4S/c1-10(2)9-18-15(21)11(3)25-17-20-19-16(24-17)13-7-6-12(22-4)8-14(13)23-5/h6-8,10-11H,9H2,1-5H3,(H,18,21). The molecule has 1 heterocycles. The SMILES string of the molecule is COc1ccc(-c2nnc(SC(C)C(=O)NCC(C)C)o2)c(OC)c1. The van der Waals surface area contributed by atoms with E-state index in [0.29, 0.717) is 40.6 Å². The highest BCUT2D eigenvalue weighted by molar-refractivity contribution is 8.00. The van der Waals surface area contributed by atoms with E-state index in [0.717, 1.165) is 0 Å². The van der Waals surface area contributed by atoms with Gasteiger partial charge in [0, 0.05) is 12.6 Å². The lowest BCUT2D eigenvalue weighted by atomic mass is 10.2. The predicted octanol–water partition coefficient (Wildman–Crippen LogP) is 3.01. The highest BCUT2D eigenvalue weighted by atomic mass is 32.2. The van der Waals surface area contributed by atoms with Crippen LogP contribution in [0.25, 0.3) is 11.5 Å². The number of rotatable bonds is 8. The number of amides is 1. The Morgan fingerprint density at radius 2 is 2.00 bits per heavy atom. The third-order valence-electron chi connectivity index (χ3n) is 3.38. The highest BCUT2D eigenvalue weighted by Gasteiger charge is 2.20. The molecule has 8 heteroatoms. The first kappa shape index (κ1) is 19.1. The van der Waals surface area contributed by atoms with Crippen molar-refractivity contribution in [3.05, 3.63) is 18.2 Å². The molecule has 7 nitrogen and oxygen atoms in total. The normalized spacial score (nSPS) is 12.1. The van der Waals surface area contributed by atoms with Gasteiger partial charge in [0.1, 0.15) is 11.5 Å². The number of carbonyl (C=O) groups excluding carboxylic acids is 1. The number of hydrogen-bond donors (Lipinski definition) is 1. The summed E-state index contributed by atoms with van der Waals surface area (Å²) in [6.45, 7) is 6.54. The maximum atomic E-state index is 12.0. The fourth-order valence-electron chi connectivity index (χ4n) is 1.99. The Morgan fingerprint density at radius 3 is 2.64 bits per heavy atom. The van der Waals surface area contributed by atoms with Gasteiger partial charge in [-0.15, -0.1) is 10.2 Å². The molecule has 0 aliphatic heterocycles. The number of carbonyl (C=O) groups is 1. The number of nitrogens with one attached hydrogen (secondary N) is 1. The van der Waals surface area contributed by atoms with Crippen molar-refractivity contribution < 1.29 is 18.7 Å². The van der Waals surface area contributed by atoms with Gasteiger partial charge in [0.15, 0.2) is 0 Å². The first-order valence-electron chi connectivity index (χ1n) is 7.94. The van der Waals surface area contributed by atoms with Crippen LogP contribution >= 0.6 is 11.8 Å². The average molecular weight is 365 g/mol. The molecule has 1 unspecified atom stereocenters. The molecule has 136 valence electrons. The summed E-state index contributed by atoms with van der Waals surface area (Å²) in [5, 5.41) is 10.9. The van der Waals surface area contributed by atoms with E-state index in [1.165, 1.54) is 11.8 Å². The molecule has 2 aromatic rings. The smallest absolute Gasteiger partial charge is 0.277 e. The molecule has 1 atom stereocenters. The van der Waals surface area contributed by atoms with Crippen molar-refractivity contribution in [3.8, 4) is 23.0 Å². The van der Waals surface area contributed by atoms with Crippen LogP contribution in [0.1, 0.15) is 20.8 Å². The molecule has 1 N–H and O–H groups in total. The number of hydrogen-bond acceptors (Lipinski definition) is 7. The monoisotopic (exact) mass is 365 g/mol. The Labute approximate surface area is 151 Å². The molecule has 1 aromatic heterocycles. The van der Waals surface area contributed by atoms with Crippen molar-refractivity contribution in [2.75, 3.05) is 20.8 Å². The summed E-state index contributed by atoms with van der Waals surface area (Å²) in [6.07, 6.45) is 0. The fourth-order valence-corrected chi connectivity index (χ4v) is 2.70.